The van der Waals surface area contributed by atoms with Gasteiger partial charge in [-0.3, -0.25) is 4.79 Å². The Bertz CT molecular complexity index is 290. The van der Waals surface area contributed by atoms with Gasteiger partial charge in [-0.2, -0.15) is 0 Å². The molecule has 0 rings (SSSR count). The summed E-state index contributed by atoms with van der Waals surface area (Å²) in [5.41, 5.74) is 0. The number of hydrogen-bond acceptors (Lipinski definition) is 2. The Morgan fingerprint density at radius 3 is 1.94 bits per heavy atom. The van der Waals surface area contributed by atoms with E-state index in [1.165, 1.54) is 0 Å². The fourth-order valence-electron chi connectivity index (χ4n) is 1.54. The molecule has 5 heteroatoms. The molecule has 5 nitrogen and oxygen atoms in total. The third kappa shape index (κ3) is 5.38. The molecule has 0 aromatic rings. The molecular weight excluding hydrogens is 232 g/mol. The lowest BCUT2D eigenvalue weighted by molar-refractivity contribution is -0.141. The number of rotatable bonds is 6. The van der Waals surface area contributed by atoms with E-state index in [1.807, 2.05) is 27.7 Å². The summed E-state index contributed by atoms with van der Waals surface area (Å²) in [7, 11) is 0. The Balaban J connectivity index is 4.56. The van der Waals surface area contributed by atoms with Crippen LogP contribution in [0.4, 0.5) is 4.79 Å². The maximum atomic E-state index is 12.1. The van der Waals surface area contributed by atoms with Gasteiger partial charge in [-0.15, -0.1) is 0 Å². The second-order valence-electron chi connectivity index (χ2n) is 5.51. The zero-order valence-electron chi connectivity index (χ0n) is 12.2. The van der Waals surface area contributed by atoms with Gasteiger partial charge in [0.05, 0.1) is 5.92 Å². The molecule has 0 aliphatic rings. The highest BCUT2D eigenvalue weighted by atomic mass is 16.4. The van der Waals surface area contributed by atoms with E-state index in [9.17, 15) is 9.59 Å². The van der Waals surface area contributed by atoms with Gasteiger partial charge in [0.25, 0.3) is 0 Å². The predicted molar refractivity (Wildman–Crippen MR) is 71.5 cm³/mol. The molecule has 0 saturated carbocycles. The van der Waals surface area contributed by atoms with Crippen molar-refractivity contribution in [1.82, 2.24) is 10.2 Å². The van der Waals surface area contributed by atoms with Crippen molar-refractivity contribution in [2.24, 2.45) is 11.8 Å². The van der Waals surface area contributed by atoms with E-state index in [0.29, 0.717) is 12.5 Å². The molecule has 0 bridgehead atoms. The molecule has 0 radical (unpaired) electrons. The number of amides is 2. The van der Waals surface area contributed by atoms with Gasteiger partial charge in [-0.05, 0) is 33.6 Å². The third-order valence-corrected chi connectivity index (χ3v) is 2.94. The first-order valence-corrected chi connectivity index (χ1v) is 6.46. The molecule has 0 aliphatic heterocycles. The minimum absolute atomic E-state index is 0.0970. The van der Waals surface area contributed by atoms with Crippen molar-refractivity contribution in [3.8, 4) is 0 Å². The minimum Gasteiger partial charge on any atom is -0.481 e. The van der Waals surface area contributed by atoms with Crippen LogP contribution in [-0.4, -0.2) is 40.6 Å². The zero-order chi connectivity index (χ0) is 14.5. The van der Waals surface area contributed by atoms with E-state index >= 15 is 0 Å². The number of carbonyl (C=O) groups excluding carboxylic acids is 1. The molecule has 2 atom stereocenters. The minimum atomic E-state index is -0.900. The van der Waals surface area contributed by atoms with Crippen molar-refractivity contribution in [1.29, 1.82) is 0 Å². The largest absolute Gasteiger partial charge is 0.481 e. The van der Waals surface area contributed by atoms with Crippen molar-refractivity contribution in [3.63, 3.8) is 0 Å². The van der Waals surface area contributed by atoms with Gasteiger partial charge in [0.15, 0.2) is 0 Å². The summed E-state index contributed by atoms with van der Waals surface area (Å²) in [6.07, 6.45) is 0. The van der Waals surface area contributed by atoms with Crippen molar-refractivity contribution < 1.29 is 14.7 Å². The van der Waals surface area contributed by atoms with Gasteiger partial charge in [0.1, 0.15) is 0 Å². The van der Waals surface area contributed by atoms with Gasteiger partial charge < -0.3 is 15.3 Å². The average molecular weight is 258 g/mol. The highest BCUT2D eigenvalue weighted by Gasteiger charge is 2.24. The van der Waals surface area contributed by atoms with Crippen LogP contribution in [0.15, 0.2) is 0 Å². The van der Waals surface area contributed by atoms with Crippen molar-refractivity contribution in [3.05, 3.63) is 0 Å². The number of carboxylic acids is 1. The van der Waals surface area contributed by atoms with Crippen LogP contribution < -0.4 is 5.32 Å². The maximum Gasteiger partial charge on any atom is 0.317 e. The van der Waals surface area contributed by atoms with Crippen LogP contribution in [0.25, 0.3) is 0 Å². The van der Waals surface area contributed by atoms with Crippen LogP contribution in [-0.2, 0) is 4.79 Å². The molecule has 0 aromatic carbocycles. The summed E-state index contributed by atoms with van der Waals surface area (Å²) in [4.78, 5) is 24.7. The summed E-state index contributed by atoms with van der Waals surface area (Å²) in [5.74, 6) is -1.12. The fourth-order valence-corrected chi connectivity index (χ4v) is 1.54. The normalized spacial score (nSPS) is 14.4. The van der Waals surface area contributed by atoms with Gasteiger partial charge >= 0.3 is 12.0 Å². The third-order valence-electron chi connectivity index (χ3n) is 2.94. The topological polar surface area (TPSA) is 69.6 Å². The molecule has 18 heavy (non-hydrogen) atoms. The summed E-state index contributed by atoms with van der Waals surface area (Å²) in [6.45, 7) is 12.0. The molecule has 2 N–H and O–H groups in total. The van der Waals surface area contributed by atoms with E-state index < -0.39 is 11.9 Å². The van der Waals surface area contributed by atoms with E-state index in [1.54, 1.807) is 18.7 Å². The van der Waals surface area contributed by atoms with E-state index in [-0.39, 0.29) is 18.1 Å². The molecular formula is C13H26N2O3. The van der Waals surface area contributed by atoms with Crippen LogP contribution in [0.1, 0.15) is 41.5 Å². The molecule has 0 saturated heterocycles. The van der Waals surface area contributed by atoms with Gasteiger partial charge in [0.2, 0.25) is 0 Å². The molecule has 0 heterocycles. The first-order chi connectivity index (χ1) is 8.16. The van der Waals surface area contributed by atoms with Gasteiger partial charge in [-0.1, -0.05) is 13.8 Å². The highest BCUT2D eigenvalue weighted by Crippen LogP contribution is 2.07. The van der Waals surface area contributed by atoms with Crippen LogP contribution in [0.5, 0.6) is 0 Å². The lowest BCUT2D eigenvalue weighted by Gasteiger charge is -2.30. The first kappa shape index (κ1) is 16.7. The highest BCUT2D eigenvalue weighted by molar-refractivity contribution is 5.76. The van der Waals surface area contributed by atoms with Crippen LogP contribution in [0.3, 0.4) is 0 Å². The van der Waals surface area contributed by atoms with E-state index in [4.69, 9.17) is 5.11 Å². The van der Waals surface area contributed by atoms with Gasteiger partial charge in [-0.25, -0.2) is 4.79 Å². The number of aliphatic carboxylic acids is 1. The van der Waals surface area contributed by atoms with Crippen molar-refractivity contribution >= 4 is 12.0 Å². The Morgan fingerprint density at radius 1 is 1.11 bits per heavy atom. The summed E-state index contributed by atoms with van der Waals surface area (Å²) < 4.78 is 0. The molecule has 2 amide bonds. The molecule has 2 unspecified atom stereocenters. The molecule has 0 aromatic heterocycles. The zero-order valence-corrected chi connectivity index (χ0v) is 12.2. The SMILES string of the molecule is CC(C)CN(C(=O)NC(C)C(C)C(=O)O)C(C)C. The fraction of sp³-hybridized carbons (Fsp3) is 0.846. The second-order valence-corrected chi connectivity index (χ2v) is 5.51. The summed E-state index contributed by atoms with van der Waals surface area (Å²) in [5, 5.41) is 11.6. The van der Waals surface area contributed by atoms with E-state index in [0.717, 1.165) is 0 Å². The first-order valence-electron chi connectivity index (χ1n) is 6.46. The van der Waals surface area contributed by atoms with E-state index in [2.05, 4.69) is 5.32 Å². The average Bonchev–Trinajstić information content (AvgIpc) is 2.23. The molecule has 106 valence electrons. The number of urea groups is 1. The Kier molecular flexibility index (Phi) is 6.73. The summed E-state index contributed by atoms with van der Waals surface area (Å²) >= 11 is 0. The van der Waals surface area contributed by atoms with Crippen molar-refractivity contribution in [2.45, 2.75) is 53.6 Å². The number of hydrogen-bond donors (Lipinski definition) is 2. The maximum absolute atomic E-state index is 12.1. The Morgan fingerprint density at radius 2 is 1.61 bits per heavy atom. The predicted octanol–water partition coefficient (Wildman–Crippen LogP) is 2.17. The number of nitrogens with one attached hydrogen (secondary N) is 1. The smallest absolute Gasteiger partial charge is 0.317 e. The molecule has 0 spiro atoms. The van der Waals surface area contributed by atoms with Crippen LogP contribution >= 0.6 is 0 Å². The number of carboxylic acid groups (broad SMARTS) is 1. The van der Waals surface area contributed by atoms with Gasteiger partial charge in [0, 0.05) is 18.6 Å². The quantitative estimate of drug-likeness (QED) is 0.767. The Hall–Kier alpha value is -1.26. The number of carbonyl (C=O) groups is 2. The van der Waals surface area contributed by atoms with Crippen molar-refractivity contribution in [2.75, 3.05) is 6.54 Å². The standard InChI is InChI=1S/C13H26N2O3/c1-8(2)7-15(9(3)4)13(18)14-11(6)10(5)12(16)17/h8-11H,7H2,1-6H3,(H,14,18)(H,16,17). The lowest BCUT2D eigenvalue weighted by Crippen LogP contribution is -2.50. The second kappa shape index (κ2) is 7.24. The summed E-state index contributed by atoms with van der Waals surface area (Å²) in [6, 6.07) is -0.484. The van der Waals surface area contributed by atoms with Crippen LogP contribution in [0, 0.1) is 11.8 Å². The van der Waals surface area contributed by atoms with Crippen LogP contribution in [0.2, 0.25) is 0 Å². The monoisotopic (exact) mass is 258 g/mol. The Labute approximate surface area is 110 Å². The lowest BCUT2D eigenvalue weighted by atomic mass is 10.0. The number of nitrogens with zero attached hydrogens (tertiary/aromatic N) is 1. The molecule has 0 fully saturated rings. The molecule has 0 aliphatic carbocycles.